The number of benzene rings is 1. The van der Waals surface area contributed by atoms with Crippen molar-refractivity contribution in [1.29, 1.82) is 0 Å². The van der Waals surface area contributed by atoms with Crippen LogP contribution in [0.15, 0.2) is 16.6 Å². The summed E-state index contributed by atoms with van der Waals surface area (Å²) in [6.45, 7) is 3.72. The number of hydrogen-bond donors (Lipinski definition) is 1. The van der Waals surface area contributed by atoms with Crippen LogP contribution >= 0.6 is 15.9 Å². The van der Waals surface area contributed by atoms with Gasteiger partial charge in [0.2, 0.25) is 0 Å². The van der Waals surface area contributed by atoms with E-state index in [0.29, 0.717) is 12.6 Å². The molecule has 1 heterocycles. The Kier molecular flexibility index (Phi) is 4.89. The minimum Gasteiger partial charge on any atom is -0.492 e. The summed E-state index contributed by atoms with van der Waals surface area (Å²) < 4.78 is 12.0. The summed E-state index contributed by atoms with van der Waals surface area (Å²) >= 11 is 3.56. The smallest absolute Gasteiger partial charge is 0.174 e. The lowest BCUT2D eigenvalue weighted by Gasteiger charge is -2.25. The highest BCUT2D eigenvalue weighted by atomic mass is 79.9. The summed E-state index contributed by atoms with van der Waals surface area (Å²) in [6, 6.07) is 4.65. The number of halogens is 1. The first kappa shape index (κ1) is 13.7. The lowest BCUT2D eigenvalue weighted by molar-refractivity contribution is 0.308. The van der Waals surface area contributed by atoms with Crippen LogP contribution in [0.25, 0.3) is 0 Å². The van der Waals surface area contributed by atoms with Crippen LogP contribution in [0, 0.1) is 0 Å². The molecule has 0 amide bonds. The molecule has 1 aliphatic rings. The molecule has 1 atom stereocenters. The van der Waals surface area contributed by atoms with Gasteiger partial charge in [0.15, 0.2) is 11.5 Å². The van der Waals surface area contributed by atoms with Gasteiger partial charge in [0, 0.05) is 6.04 Å². The zero-order valence-electron chi connectivity index (χ0n) is 11.0. The van der Waals surface area contributed by atoms with Gasteiger partial charge >= 0.3 is 0 Å². The Balaban J connectivity index is 2.30. The topological polar surface area (TPSA) is 30.5 Å². The van der Waals surface area contributed by atoms with Gasteiger partial charge in [-0.2, -0.15) is 0 Å². The summed E-state index contributed by atoms with van der Waals surface area (Å²) in [5, 5.41) is 3.55. The van der Waals surface area contributed by atoms with E-state index in [2.05, 4.69) is 33.4 Å². The standard InChI is InChI=1S/C14H20BrNO2/c1-3-18-13-9-10(8-11(15)14(13)17-2)12-6-4-5-7-16-12/h8-9,12,16H,3-7H2,1-2H3. The van der Waals surface area contributed by atoms with Crippen molar-refractivity contribution in [1.82, 2.24) is 5.32 Å². The normalized spacial score (nSPS) is 19.6. The zero-order chi connectivity index (χ0) is 13.0. The highest BCUT2D eigenvalue weighted by Gasteiger charge is 2.19. The molecule has 0 radical (unpaired) electrons. The molecule has 0 aromatic heterocycles. The maximum absolute atomic E-state index is 5.66. The first-order valence-electron chi connectivity index (χ1n) is 6.50. The molecule has 0 spiro atoms. The van der Waals surface area contributed by atoms with E-state index in [9.17, 15) is 0 Å². The van der Waals surface area contributed by atoms with E-state index in [0.717, 1.165) is 22.5 Å². The molecule has 2 rings (SSSR count). The molecule has 1 fully saturated rings. The van der Waals surface area contributed by atoms with E-state index in [1.165, 1.54) is 24.8 Å². The van der Waals surface area contributed by atoms with Crippen LogP contribution in [0.1, 0.15) is 37.8 Å². The summed E-state index contributed by atoms with van der Waals surface area (Å²) in [5.74, 6) is 1.59. The third kappa shape index (κ3) is 2.98. The van der Waals surface area contributed by atoms with Crippen molar-refractivity contribution in [3.63, 3.8) is 0 Å². The van der Waals surface area contributed by atoms with Gasteiger partial charge in [0.1, 0.15) is 0 Å². The second-order valence-corrected chi connectivity index (χ2v) is 5.32. The summed E-state index contributed by atoms with van der Waals surface area (Å²) in [6.07, 6.45) is 3.74. The van der Waals surface area contributed by atoms with E-state index in [1.807, 2.05) is 6.92 Å². The summed E-state index contributed by atoms with van der Waals surface area (Å²) in [5.41, 5.74) is 1.27. The molecule has 0 saturated carbocycles. The maximum atomic E-state index is 5.66. The Morgan fingerprint density at radius 3 is 2.83 bits per heavy atom. The molecule has 1 aromatic rings. The Morgan fingerprint density at radius 2 is 2.22 bits per heavy atom. The van der Waals surface area contributed by atoms with Gasteiger partial charge < -0.3 is 14.8 Å². The number of piperidine rings is 1. The van der Waals surface area contributed by atoms with Crippen molar-refractivity contribution in [2.24, 2.45) is 0 Å². The molecule has 0 bridgehead atoms. The number of ether oxygens (including phenoxy) is 2. The zero-order valence-corrected chi connectivity index (χ0v) is 12.5. The summed E-state index contributed by atoms with van der Waals surface area (Å²) in [4.78, 5) is 0. The quantitative estimate of drug-likeness (QED) is 0.920. The van der Waals surface area contributed by atoms with Crippen molar-refractivity contribution in [3.8, 4) is 11.5 Å². The Labute approximate surface area is 117 Å². The molecule has 1 unspecified atom stereocenters. The lowest BCUT2D eigenvalue weighted by Crippen LogP contribution is -2.26. The molecule has 1 aliphatic heterocycles. The molecule has 3 nitrogen and oxygen atoms in total. The van der Waals surface area contributed by atoms with Crippen molar-refractivity contribution < 1.29 is 9.47 Å². The average Bonchev–Trinajstić information content (AvgIpc) is 2.40. The molecule has 1 aromatic carbocycles. The van der Waals surface area contributed by atoms with Crippen LogP contribution in [0.5, 0.6) is 11.5 Å². The third-order valence-electron chi connectivity index (χ3n) is 3.25. The van der Waals surface area contributed by atoms with E-state index in [1.54, 1.807) is 7.11 Å². The van der Waals surface area contributed by atoms with Crippen molar-refractivity contribution in [3.05, 3.63) is 22.2 Å². The Bertz CT molecular complexity index is 403. The monoisotopic (exact) mass is 313 g/mol. The highest BCUT2D eigenvalue weighted by Crippen LogP contribution is 2.39. The number of rotatable bonds is 4. The fourth-order valence-corrected chi connectivity index (χ4v) is 3.01. The number of hydrogen-bond acceptors (Lipinski definition) is 3. The van der Waals surface area contributed by atoms with Crippen molar-refractivity contribution >= 4 is 15.9 Å². The highest BCUT2D eigenvalue weighted by molar-refractivity contribution is 9.10. The van der Waals surface area contributed by atoms with Gasteiger partial charge in [0.05, 0.1) is 18.2 Å². The third-order valence-corrected chi connectivity index (χ3v) is 3.84. The van der Waals surface area contributed by atoms with Crippen LogP contribution in [0.4, 0.5) is 0 Å². The average molecular weight is 314 g/mol. The first-order chi connectivity index (χ1) is 8.76. The predicted octanol–water partition coefficient (Wildman–Crippen LogP) is 3.67. The van der Waals surface area contributed by atoms with Crippen molar-refractivity contribution in [2.75, 3.05) is 20.3 Å². The van der Waals surface area contributed by atoms with E-state index >= 15 is 0 Å². The largest absolute Gasteiger partial charge is 0.492 e. The molecule has 0 aliphatic carbocycles. The van der Waals surface area contributed by atoms with Gasteiger partial charge in [-0.25, -0.2) is 0 Å². The lowest BCUT2D eigenvalue weighted by atomic mass is 9.97. The van der Waals surface area contributed by atoms with Gasteiger partial charge in [0.25, 0.3) is 0 Å². The molecule has 18 heavy (non-hydrogen) atoms. The Hall–Kier alpha value is -0.740. The minimum atomic E-state index is 0.431. The van der Waals surface area contributed by atoms with E-state index in [4.69, 9.17) is 9.47 Å². The van der Waals surface area contributed by atoms with Crippen molar-refractivity contribution in [2.45, 2.75) is 32.2 Å². The maximum Gasteiger partial charge on any atom is 0.174 e. The minimum absolute atomic E-state index is 0.431. The molecule has 4 heteroatoms. The van der Waals surface area contributed by atoms with Crippen LogP contribution < -0.4 is 14.8 Å². The first-order valence-corrected chi connectivity index (χ1v) is 7.29. The molecule has 1 N–H and O–H groups in total. The second kappa shape index (κ2) is 6.43. The second-order valence-electron chi connectivity index (χ2n) is 4.47. The molecule has 1 saturated heterocycles. The van der Waals surface area contributed by atoms with Gasteiger partial charge in [-0.3, -0.25) is 0 Å². The Morgan fingerprint density at radius 1 is 1.39 bits per heavy atom. The number of methoxy groups -OCH3 is 1. The van der Waals surface area contributed by atoms with Gasteiger partial charge in [-0.1, -0.05) is 6.42 Å². The number of nitrogens with one attached hydrogen (secondary N) is 1. The fraction of sp³-hybridized carbons (Fsp3) is 0.571. The fourth-order valence-electron chi connectivity index (χ4n) is 2.39. The van der Waals surface area contributed by atoms with Crippen LogP contribution in [-0.4, -0.2) is 20.3 Å². The summed E-state index contributed by atoms with van der Waals surface area (Å²) in [7, 11) is 1.67. The van der Waals surface area contributed by atoms with Crippen LogP contribution in [0.3, 0.4) is 0 Å². The van der Waals surface area contributed by atoms with E-state index < -0.39 is 0 Å². The SMILES string of the molecule is CCOc1cc(C2CCCCN2)cc(Br)c1OC. The van der Waals surface area contributed by atoms with Crippen LogP contribution in [0.2, 0.25) is 0 Å². The van der Waals surface area contributed by atoms with Gasteiger partial charge in [-0.15, -0.1) is 0 Å². The van der Waals surface area contributed by atoms with Crippen LogP contribution in [-0.2, 0) is 0 Å². The van der Waals surface area contributed by atoms with E-state index in [-0.39, 0.29) is 0 Å². The molecular formula is C14H20BrNO2. The predicted molar refractivity (Wildman–Crippen MR) is 76.5 cm³/mol. The molecule has 100 valence electrons. The molecular weight excluding hydrogens is 294 g/mol. The van der Waals surface area contributed by atoms with Gasteiger partial charge in [-0.05, 0) is 59.9 Å².